The third-order valence-corrected chi connectivity index (χ3v) is 4.01. The largest absolute Gasteiger partial charge is 0.323 e. The van der Waals surface area contributed by atoms with Crippen LogP contribution in [0, 0.1) is 5.92 Å². The molecular formula is C14H26N4. The molecule has 18 heavy (non-hydrogen) atoms. The first-order chi connectivity index (χ1) is 8.69. The van der Waals surface area contributed by atoms with E-state index in [4.69, 9.17) is 5.73 Å². The Morgan fingerprint density at radius 2 is 2.17 bits per heavy atom. The molecule has 4 nitrogen and oxygen atoms in total. The molecular weight excluding hydrogens is 224 g/mol. The van der Waals surface area contributed by atoms with Gasteiger partial charge in [-0.15, -0.1) is 0 Å². The van der Waals surface area contributed by atoms with Crippen molar-refractivity contribution in [2.75, 3.05) is 19.6 Å². The minimum Gasteiger partial charge on any atom is -0.323 e. The van der Waals surface area contributed by atoms with Gasteiger partial charge in [0.1, 0.15) is 0 Å². The fourth-order valence-electron chi connectivity index (χ4n) is 2.88. The number of nitrogens with zero attached hydrogens (tertiary/aromatic N) is 3. The maximum absolute atomic E-state index is 6.24. The summed E-state index contributed by atoms with van der Waals surface area (Å²) in [5.74, 6) is 0.945. The molecule has 2 rings (SSSR count). The van der Waals surface area contributed by atoms with E-state index < -0.39 is 0 Å². The summed E-state index contributed by atoms with van der Waals surface area (Å²) in [5.41, 5.74) is 7.38. The van der Waals surface area contributed by atoms with E-state index in [2.05, 4.69) is 16.9 Å². The molecule has 4 heteroatoms. The van der Waals surface area contributed by atoms with E-state index in [0.29, 0.717) is 0 Å². The number of piperidine rings is 1. The average Bonchev–Trinajstić information content (AvgIpc) is 2.79. The van der Waals surface area contributed by atoms with Crippen LogP contribution in [0.25, 0.3) is 0 Å². The zero-order valence-electron chi connectivity index (χ0n) is 11.7. The van der Waals surface area contributed by atoms with E-state index in [1.807, 2.05) is 24.1 Å². The smallest absolute Gasteiger partial charge is 0.0537 e. The van der Waals surface area contributed by atoms with Gasteiger partial charge in [-0.05, 0) is 31.8 Å². The number of rotatable bonds is 5. The third-order valence-electron chi connectivity index (χ3n) is 4.01. The second kappa shape index (κ2) is 6.34. The lowest BCUT2D eigenvalue weighted by Crippen LogP contribution is -2.38. The highest BCUT2D eigenvalue weighted by Gasteiger charge is 2.20. The molecule has 0 spiro atoms. The van der Waals surface area contributed by atoms with Crippen LogP contribution in [0.5, 0.6) is 0 Å². The molecule has 0 bridgehead atoms. The SMILES string of the molecule is CCCC1CCN(CC(N)c2cnn(C)c2)CC1. The summed E-state index contributed by atoms with van der Waals surface area (Å²) in [6.07, 6.45) is 9.30. The van der Waals surface area contributed by atoms with Crippen molar-refractivity contribution < 1.29 is 0 Å². The van der Waals surface area contributed by atoms with Gasteiger partial charge in [-0.25, -0.2) is 0 Å². The van der Waals surface area contributed by atoms with Crippen molar-refractivity contribution in [1.82, 2.24) is 14.7 Å². The molecule has 1 saturated heterocycles. The summed E-state index contributed by atoms with van der Waals surface area (Å²) in [6.45, 7) is 5.66. The first-order valence-electron chi connectivity index (χ1n) is 7.15. The molecule has 0 radical (unpaired) electrons. The molecule has 1 aliphatic rings. The summed E-state index contributed by atoms with van der Waals surface area (Å²) in [4.78, 5) is 2.50. The van der Waals surface area contributed by atoms with Crippen molar-refractivity contribution in [2.45, 2.75) is 38.6 Å². The van der Waals surface area contributed by atoms with E-state index in [9.17, 15) is 0 Å². The Kier molecular flexibility index (Phi) is 4.78. The van der Waals surface area contributed by atoms with Crippen LogP contribution in [-0.2, 0) is 7.05 Å². The second-order valence-corrected chi connectivity index (χ2v) is 5.59. The average molecular weight is 250 g/mol. The number of likely N-dealkylation sites (tertiary alicyclic amines) is 1. The fraction of sp³-hybridized carbons (Fsp3) is 0.786. The van der Waals surface area contributed by atoms with Crippen LogP contribution >= 0.6 is 0 Å². The molecule has 2 N–H and O–H groups in total. The lowest BCUT2D eigenvalue weighted by Gasteiger charge is -2.33. The fourth-order valence-corrected chi connectivity index (χ4v) is 2.88. The number of aromatic nitrogens is 2. The molecule has 0 aliphatic carbocycles. The molecule has 2 heterocycles. The molecule has 0 aromatic carbocycles. The maximum atomic E-state index is 6.24. The van der Waals surface area contributed by atoms with Gasteiger partial charge in [0.05, 0.1) is 6.20 Å². The van der Waals surface area contributed by atoms with E-state index in [1.165, 1.54) is 38.8 Å². The Hall–Kier alpha value is -0.870. The minimum atomic E-state index is 0.0985. The van der Waals surface area contributed by atoms with Crippen LogP contribution in [0.3, 0.4) is 0 Å². The van der Waals surface area contributed by atoms with Gasteiger partial charge in [0.25, 0.3) is 0 Å². The Balaban J connectivity index is 1.77. The van der Waals surface area contributed by atoms with Crippen LogP contribution < -0.4 is 5.73 Å². The van der Waals surface area contributed by atoms with Crippen LogP contribution in [0.2, 0.25) is 0 Å². The highest BCUT2D eigenvalue weighted by Crippen LogP contribution is 2.23. The molecule has 1 fully saturated rings. The Morgan fingerprint density at radius 1 is 1.44 bits per heavy atom. The minimum absolute atomic E-state index is 0.0985. The zero-order valence-corrected chi connectivity index (χ0v) is 11.7. The van der Waals surface area contributed by atoms with Gasteiger partial charge < -0.3 is 10.6 Å². The van der Waals surface area contributed by atoms with E-state index in [0.717, 1.165) is 18.0 Å². The lowest BCUT2D eigenvalue weighted by atomic mass is 9.92. The quantitative estimate of drug-likeness (QED) is 0.868. The van der Waals surface area contributed by atoms with Crippen molar-refractivity contribution in [3.8, 4) is 0 Å². The van der Waals surface area contributed by atoms with Gasteiger partial charge in [-0.3, -0.25) is 4.68 Å². The number of aryl methyl sites for hydroxylation is 1. The zero-order chi connectivity index (χ0) is 13.0. The Bertz CT molecular complexity index is 352. The van der Waals surface area contributed by atoms with Crippen molar-refractivity contribution >= 4 is 0 Å². The molecule has 1 aliphatic heterocycles. The highest BCUT2D eigenvalue weighted by atomic mass is 15.2. The molecule has 0 amide bonds. The number of nitrogens with two attached hydrogens (primary N) is 1. The molecule has 1 atom stereocenters. The topological polar surface area (TPSA) is 47.1 Å². The first kappa shape index (κ1) is 13.6. The van der Waals surface area contributed by atoms with Crippen molar-refractivity contribution in [1.29, 1.82) is 0 Å². The standard InChI is InChI=1S/C14H26N4/c1-3-4-12-5-7-18(8-6-12)11-14(15)13-9-16-17(2)10-13/h9-10,12,14H,3-8,11,15H2,1-2H3. The molecule has 0 saturated carbocycles. The second-order valence-electron chi connectivity index (χ2n) is 5.59. The number of hydrogen-bond donors (Lipinski definition) is 1. The van der Waals surface area contributed by atoms with Crippen LogP contribution in [0.4, 0.5) is 0 Å². The summed E-state index contributed by atoms with van der Waals surface area (Å²) in [7, 11) is 1.94. The molecule has 1 aromatic heterocycles. The number of hydrogen-bond acceptors (Lipinski definition) is 3. The Morgan fingerprint density at radius 3 is 2.72 bits per heavy atom. The van der Waals surface area contributed by atoms with Crippen molar-refractivity contribution in [2.24, 2.45) is 18.7 Å². The first-order valence-corrected chi connectivity index (χ1v) is 7.15. The van der Waals surface area contributed by atoms with Crippen LogP contribution in [-0.4, -0.2) is 34.3 Å². The van der Waals surface area contributed by atoms with E-state index in [1.54, 1.807) is 0 Å². The summed E-state index contributed by atoms with van der Waals surface area (Å²) < 4.78 is 1.82. The van der Waals surface area contributed by atoms with Gasteiger partial charge in [0, 0.05) is 31.4 Å². The van der Waals surface area contributed by atoms with Crippen LogP contribution in [0.1, 0.15) is 44.2 Å². The van der Waals surface area contributed by atoms with E-state index in [-0.39, 0.29) is 6.04 Å². The van der Waals surface area contributed by atoms with Crippen LogP contribution in [0.15, 0.2) is 12.4 Å². The van der Waals surface area contributed by atoms with Gasteiger partial charge in [-0.2, -0.15) is 5.10 Å². The van der Waals surface area contributed by atoms with Gasteiger partial charge >= 0.3 is 0 Å². The highest BCUT2D eigenvalue weighted by molar-refractivity contribution is 5.10. The van der Waals surface area contributed by atoms with Crippen molar-refractivity contribution in [3.05, 3.63) is 18.0 Å². The summed E-state index contributed by atoms with van der Waals surface area (Å²) in [6, 6.07) is 0.0985. The lowest BCUT2D eigenvalue weighted by molar-refractivity contribution is 0.170. The molecule has 1 aromatic rings. The maximum Gasteiger partial charge on any atom is 0.0537 e. The third kappa shape index (κ3) is 3.56. The van der Waals surface area contributed by atoms with E-state index >= 15 is 0 Å². The summed E-state index contributed by atoms with van der Waals surface area (Å²) in [5, 5.41) is 4.19. The van der Waals surface area contributed by atoms with Crippen molar-refractivity contribution in [3.63, 3.8) is 0 Å². The molecule has 1 unspecified atom stereocenters. The predicted octanol–water partition coefficient (Wildman–Crippen LogP) is 1.93. The normalized spacial score (nSPS) is 20.2. The summed E-state index contributed by atoms with van der Waals surface area (Å²) >= 11 is 0. The molecule has 102 valence electrons. The van der Waals surface area contributed by atoms with Gasteiger partial charge in [0.15, 0.2) is 0 Å². The Labute approximate surface area is 110 Å². The monoisotopic (exact) mass is 250 g/mol. The van der Waals surface area contributed by atoms with Gasteiger partial charge in [-0.1, -0.05) is 19.8 Å². The van der Waals surface area contributed by atoms with Gasteiger partial charge in [0.2, 0.25) is 0 Å². The predicted molar refractivity (Wildman–Crippen MR) is 74.2 cm³/mol.